The van der Waals surface area contributed by atoms with Crippen molar-refractivity contribution in [3.63, 3.8) is 0 Å². The third kappa shape index (κ3) is 2.59. The summed E-state index contributed by atoms with van der Waals surface area (Å²) in [6, 6.07) is 17.5. The first-order valence-corrected chi connectivity index (χ1v) is 8.49. The second-order valence-corrected chi connectivity index (χ2v) is 6.66. The van der Waals surface area contributed by atoms with E-state index in [9.17, 15) is 4.79 Å². The van der Waals surface area contributed by atoms with E-state index in [2.05, 4.69) is 10.2 Å². The van der Waals surface area contributed by atoms with Crippen LogP contribution in [0.25, 0.3) is 11.4 Å². The molecule has 0 saturated carbocycles. The van der Waals surface area contributed by atoms with Crippen molar-refractivity contribution in [3.8, 4) is 17.1 Å². The standard InChI is InChI=1S/C18H15N3O2S/c1-23-14-9-7-13(8-10-14)17-19-20-18-21(17)16(22)11-15(24-18)12-5-3-2-4-6-12/h2-10,15H,11H2,1H3/t15-/m1/s1. The van der Waals surface area contributed by atoms with Crippen LogP contribution in [0.1, 0.15) is 22.0 Å². The van der Waals surface area contributed by atoms with Gasteiger partial charge in [0.25, 0.3) is 0 Å². The summed E-state index contributed by atoms with van der Waals surface area (Å²) in [5, 5.41) is 9.19. The number of nitrogens with zero attached hydrogens (tertiary/aromatic N) is 3. The fourth-order valence-corrected chi connectivity index (χ4v) is 3.93. The van der Waals surface area contributed by atoms with Gasteiger partial charge < -0.3 is 4.74 Å². The van der Waals surface area contributed by atoms with E-state index in [0.717, 1.165) is 16.9 Å². The van der Waals surface area contributed by atoms with Gasteiger partial charge in [-0.05, 0) is 29.8 Å². The Bertz CT molecular complexity index is 875. The summed E-state index contributed by atoms with van der Waals surface area (Å²) in [4.78, 5) is 12.7. The van der Waals surface area contributed by atoms with Gasteiger partial charge in [0.05, 0.1) is 7.11 Å². The normalized spacial score (nSPS) is 16.7. The van der Waals surface area contributed by atoms with Crippen molar-refractivity contribution in [3.05, 3.63) is 60.2 Å². The van der Waals surface area contributed by atoms with Crippen LogP contribution in [0, 0.1) is 0 Å². The molecular formula is C18H15N3O2S. The second-order valence-electron chi connectivity index (χ2n) is 5.49. The van der Waals surface area contributed by atoms with E-state index in [1.807, 2.05) is 54.6 Å². The van der Waals surface area contributed by atoms with Gasteiger partial charge in [-0.1, -0.05) is 42.1 Å². The molecule has 120 valence electrons. The molecule has 0 fully saturated rings. The highest BCUT2D eigenvalue weighted by Crippen LogP contribution is 2.42. The van der Waals surface area contributed by atoms with E-state index in [1.165, 1.54) is 0 Å². The number of benzene rings is 2. The van der Waals surface area contributed by atoms with Crippen molar-refractivity contribution in [2.24, 2.45) is 0 Å². The third-order valence-corrected chi connectivity index (χ3v) is 5.21. The molecule has 0 spiro atoms. The monoisotopic (exact) mass is 337 g/mol. The van der Waals surface area contributed by atoms with Crippen LogP contribution < -0.4 is 4.74 Å². The Kier molecular flexibility index (Phi) is 3.82. The number of hydrogen-bond acceptors (Lipinski definition) is 5. The largest absolute Gasteiger partial charge is 0.497 e. The molecule has 1 aliphatic heterocycles. The molecule has 1 aliphatic rings. The van der Waals surface area contributed by atoms with Crippen molar-refractivity contribution >= 4 is 17.7 Å². The third-order valence-electron chi connectivity index (χ3n) is 4.01. The summed E-state index contributed by atoms with van der Waals surface area (Å²) in [5.74, 6) is 1.37. The molecule has 6 heteroatoms. The van der Waals surface area contributed by atoms with Gasteiger partial charge in [-0.2, -0.15) is 0 Å². The van der Waals surface area contributed by atoms with Crippen LogP contribution in [0.3, 0.4) is 0 Å². The van der Waals surface area contributed by atoms with Crippen LogP contribution in [-0.2, 0) is 0 Å². The minimum atomic E-state index is 0.0217. The average Bonchev–Trinajstić information content (AvgIpc) is 3.07. The van der Waals surface area contributed by atoms with Gasteiger partial charge in [-0.25, -0.2) is 4.57 Å². The summed E-state index contributed by atoms with van der Waals surface area (Å²) in [5.41, 5.74) is 1.98. The number of fused-ring (bicyclic) bond motifs is 1. The average molecular weight is 337 g/mol. The molecule has 0 radical (unpaired) electrons. The van der Waals surface area contributed by atoms with Crippen molar-refractivity contribution < 1.29 is 9.53 Å². The summed E-state index contributed by atoms with van der Waals surface area (Å²) in [6.45, 7) is 0. The van der Waals surface area contributed by atoms with E-state index < -0.39 is 0 Å². The number of aromatic nitrogens is 3. The maximum absolute atomic E-state index is 12.7. The lowest BCUT2D eigenvalue weighted by Crippen LogP contribution is -2.20. The summed E-state index contributed by atoms with van der Waals surface area (Å²) < 4.78 is 6.79. The van der Waals surface area contributed by atoms with E-state index in [1.54, 1.807) is 23.4 Å². The Morgan fingerprint density at radius 2 is 1.83 bits per heavy atom. The lowest BCUT2D eigenvalue weighted by Gasteiger charge is -2.22. The maximum Gasteiger partial charge on any atom is 0.235 e. The van der Waals surface area contributed by atoms with Crippen LogP contribution in [-0.4, -0.2) is 27.8 Å². The molecule has 0 aliphatic carbocycles. The van der Waals surface area contributed by atoms with Gasteiger partial charge in [0.2, 0.25) is 5.91 Å². The van der Waals surface area contributed by atoms with Gasteiger partial charge in [-0.15, -0.1) is 10.2 Å². The quantitative estimate of drug-likeness (QED) is 0.727. The zero-order valence-corrected chi connectivity index (χ0v) is 13.9. The van der Waals surface area contributed by atoms with Crippen molar-refractivity contribution in [1.82, 2.24) is 14.8 Å². The van der Waals surface area contributed by atoms with Crippen molar-refractivity contribution in [2.75, 3.05) is 7.11 Å². The molecule has 24 heavy (non-hydrogen) atoms. The highest BCUT2D eigenvalue weighted by Gasteiger charge is 2.31. The molecule has 0 bridgehead atoms. The Morgan fingerprint density at radius 1 is 1.08 bits per heavy atom. The van der Waals surface area contributed by atoms with Gasteiger partial charge in [0.1, 0.15) is 5.75 Å². The summed E-state index contributed by atoms with van der Waals surface area (Å²) in [7, 11) is 1.62. The van der Waals surface area contributed by atoms with Gasteiger partial charge in [0.15, 0.2) is 11.0 Å². The first-order valence-electron chi connectivity index (χ1n) is 7.61. The van der Waals surface area contributed by atoms with Crippen LogP contribution in [0.15, 0.2) is 59.8 Å². The van der Waals surface area contributed by atoms with E-state index in [4.69, 9.17) is 4.74 Å². The highest BCUT2D eigenvalue weighted by atomic mass is 32.2. The van der Waals surface area contributed by atoms with Crippen LogP contribution in [0.2, 0.25) is 0 Å². The number of methoxy groups -OCH3 is 1. The SMILES string of the molecule is COc1ccc(-c2nnc3n2C(=O)C[C@H](c2ccccc2)S3)cc1. The molecule has 1 aromatic heterocycles. The Hall–Kier alpha value is -2.60. The van der Waals surface area contributed by atoms with Crippen LogP contribution >= 0.6 is 11.8 Å². The fraction of sp³-hybridized carbons (Fsp3) is 0.167. The van der Waals surface area contributed by atoms with Gasteiger partial charge in [-0.3, -0.25) is 4.79 Å². The molecular weight excluding hydrogens is 322 g/mol. The highest BCUT2D eigenvalue weighted by molar-refractivity contribution is 7.99. The lowest BCUT2D eigenvalue weighted by molar-refractivity contribution is 0.0888. The van der Waals surface area contributed by atoms with Gasteiger partial charge >= 0.3 is 0 Å². The van der Waals surface area contributed by atoms with Crippen LogP contribution in [0.4, 0.5) is 0 Å². The Labute approximate surface area is 143 Å². The number of thioether (sulfide) groups is 1. The molecule has 1 atom stereocenters. The zero-order valence-electron chi connectivity index (χ0n) is 13.0. The second kappa shape index (κ2) is 6.13. The number of carbonyl (C=O) groups excluding carboxylic acids is 1. The molecule has 2 heterocycles. The molecule has 0 amide bonds. The topological polar surface area (TPSA) is 57.0 Å². The minimum Gasteiger partial charge on any atom is -0.497 e. The molecule has 0 saturated heterocycles. The maximum atomic E-state index is 12.7. The fourth-order valence-electron chi connectivity index (χ4n) is 2.77. The number of carbonyl (C=O) groups is 1. The summed E-state index contributed by atoms with van der Waals surface area (Å²) in [6.07, 6.45) is 0.433. The first kappa shape index (κ1) is 15.0. The smallest absolute Gasteiger partial charge is 0.235 e. The minimum absolute atomic E-state index is 0.0217. The molecule has 3 aromatic rings. The lowest BCUT2D eigenvalue weighted by atomic mass is 10.1. The van der Waals surface area contributed by atoms with E-state index in [-0.39, 0.29) is 11.2 Å². The number of rotatable bonds is 3. The summed E-state index contributed by atoms with van der Waals surface area (Å²) >= 11 is 1.58. The Morgan fingerprint density at radius 3 is 2.54 bits per heavy atom. The van der Waals surface area contributed by atoms with E-state index in [0.29, 0.717) is 17.4 Å². The number of hydrogen-bond donors (Lipinski definition) is 0. The van der Waals surface area contributed by atoms with Crippen molar-refractivity contribution in [1.29, 1.82) is 0 Å². The Balaban J connectivity index is 1.68. The first-order chi connectivity index (χ1) is 11.8. The molecule has 5 nitrogen and oxygen atoms in total. The molecule has 4 rings (SSSR count). The predicted molar refractivity (Wildman–Crippen MR) is 92.3 cm³/mol. The molecule has 2 aromatic carbocycles. The number of ether oxygens (including phenoxy) is 1. The molecule has 0 unspecified atom stereocenters. The predicted octanol–water partition coefficient (Wildman–Crippen LogP) is 3.83. The van der Waals surface area contributed by atoms with Gasteiger partial charge in [0, 0.05) is 17.2 Å². The van der Waals surface area contributed by atoms with Crippen molar-refractivity contribution in [2.45, 2.75) is 16.8 Å². The van der Waals surface area contributed by atoms with E-state index >= 15 is 0 Å². The van der Waals surface area contributed by atoms with Crippen LogP contribution in [0.5, 0.6) is 5.75 Å². The zero-order chi connectivity index (χ0) is 16.5. The molecule has 0 N–H and O–H groups in total.